The molecule has 0 spiro atoms. The molecule has 1 heterocycles. The minimum Gasteiger partial charge on any atom is -0.481 e. The molecule has 0 bridgehead atoms. The van der Waals surface area contributed by atoms with Gasteiger partial charge in [0.2, 0.25) is 0 Å². The summed E-state index contributed by atoms with van der Waals surface area (Å²) in [5.41, 5.74) is -0.151. The molecule has 0 fully saturated rings. The minimum absolute atomic E-state index is 0.0727. The van der Waals surface area contributed by atoms with Gasteiger partial charge in [0, 0.05) is 30.8 Å². The fourth-order valence-corrected chi connectivity index (χ4v) is 2.32. The van der Waals surface area contributed by atoms with Crippen LogP contribution >= 0.6 is 0 Å². The van der Waals surface area contributed by atoms with Crippen molar-refractivity contribution in [3.63, 3.8) is 0 Å². The summed E-state index contributed by atoms with van der Waals surface area (Å²) >= 11 is 0. The van der Waals surface area contributed by atoms with E-state index in [-0.39, 0.29) is 23.7 Å². The summed E-state index contributed by atoms with van der Waals surface area (Å²) in [7, 11) is 0. The first-order valence-electron chi connectivity index (χ1n) is 6.52. The number of carbonyl (C=O) groups is 2. The summed E-state index contributed by atoms with van der Waals surface area (Å²) in [6.45, 7) is 3.58. The van der Waals surface area contributed by atoms with E-state index >= 15 is 0 Å². The van der Waals surface area contributed by atoms with E-state index in [1.165, 1.54) is 17.0 Å². The predicted octanol–water partition coefficient (Wildman–Crippen LogP) is 1.70. The Balaban J connectivity index is 2.29. The lowest BCUT2D eigenvalue weighted by Gasteiger charge is -2.33. The van der Waals surface area contributed by atoms with E-state index in [0.717, 1.165) is 5.56 Å². The van der Waals surface area contributed by atoms with Crippen molar-refractivity contribution in [3.8, 4) is 0 Å². The van der Waals surface area contributed by atoms with Crippen LogP contribution in [0, 0.1) is 15.5 Å². The van der Waals surface area contributed by atoms with Crippen molar-refractivity contribution >= 4 is 17.6 Å². The van der Waals surface area contributed by atoms with E-state index in [1.54, 1.807) is 19.9 Å². The highest BCUT2D eigenvalue weighted by atomic mass is 16.6. The van der Waals surface area contributed by atoms with Gasteiger partial charge in [0.15, 0.2) is 0 Å². The summed E-state index contributed by atoms with van der Waals surface area (Å²) in [5, 5.41) is 19.9. The van der Waals surface area contributed by atoms with Gasteiger partial charge in [0.25, 0.3) is 11.6 Å². The molecule has 1 amide bonds. The van der Waals surface area contributed by atoms with E-state index in [0.29, 0.717) is 13.0 Å². The first kappa shape index (κ1) is 15.0. The minimum atomic E-state index is -1.06. The zero-order valence-electron chi connectivity index (χ0n) is 11.8. The van der Waals surface area contributed by atoms with Gasteiger partial charge in [-0.15, -0.1) is 0 Å². The van der Waals surface area contributed by atoms with E-state index in [4.69, 9.17) is 5.11 Å². The number of benzene rings is 1. The van der Waals surface area contributed by atoms with Gasteiger partial charge < -0.3 is 10.0 Å². The van der Waals surface area contributed by atoms with Crippen molar-refractivity contribution in [3.05, 3.63) is 39.4 Å². The van der Waals surface area contributed by atoms with Crippen LogP contribution in [-0.4, -0.2) is 39.9 Å². The lowest BCUT2D eigenvalue weighted by atomic mass is 9.90. The maximum absolute atomic E-state index is 12.4. The van der Waals surface area contributed by atoms with E-state index in [2.05, 4.69) is 0 Å². The second-order valence-corrected chi connectivity index (χ2v) is 5.76. The molecule has 112 valence electrons. The highest BCUT2D eigenvalue weighted by Gasteiger charge is 2.34. The lowest BCUT2D eigenvalue weighted by Crippen LogP contribution is -2.45. The molecule has 0 atom stereocenters. The van der Waals surface area contributed by atoms with Crippen LogP contribution in [0.5, 0.6) is 0 Å². The SMILES string of the molecule is CC(C)(CN1CCc2ccc([N+](=O)[O-])cc2C1=O)C(=O)O. The average Bonchev–Trinajstić information content (AvgIpc) is 2.41. The Morgan fingerprint density at radius 2 is 2.14 bits per heavy atom. The Bertz CT molecular complexity index is 624. The fraction of sp³-hybridized carbons (Fsp3) is 0.429. The van der Waals surface area contributed by atoms with Crippen molar-refractivity contribution in [2.45, 2.75) is 20.3 Å². The third-order valence-corrected chi connectivity index (χ3v) is 3.64. The summed E-state index contributed by atoms with van der Waals surface area (Å²) in [4.78, 5) is 35.3. The Morgan fingerprint density at radius 3 is 2.71 bits per heavy atom. The zero-order chi connectivity index (χ0) is 15.8. The maximum Gasteiger partial charge on any atom is 0.310 e. The summed E-state index contributed by atoms with van der Waals surface area (Å²) in [5.74, 6) is -1.34. The normalized spacial score (nSPS) is 14.8. The molecule has 0 unspecified atom stereocenters. The smallest absolute Gasteiger partial charge is 0.310 e. The number of carbonyl (C=O) groups excluding carboxylic acids is 1. The molecule has 7 nitrogen and oxygen atoms in total. The van der Waals surface area contributed by atoms with Crippen LogP contribution in [0.1, 0.15) is 29.8 Å². The van der Waals surface area contributed by atoms with Gasteiger partial charge in [0.05, 0.1) is 10.3 Å². The van der Waals surface area contributed by atoms with Crippen molar-refractivity contribution < 1.29 is 19.6 Å². The molecular formula is C14H16N2O5. The van der Waals surface area contributed by atoms with Crippen LogP contribution in [0.15, 0.2) is 18.2 Å². The van der Waals surface area contributed by atoms with Crippen LogP contribution in [0.2, 0.25) is 0 Å². The summed E-state index contributed by atoms with van der Waals surface area (Å²) in [6.07, 6.45) is 0.564. The monoisotopic (exact) mass is 292 g/mol. The number of fused-ring (bicyclic) bond motifs is 1. The van der Waals surface area contributed by atoms with Gasteiger partial charge >= 0.3 is 5.97 Å². The van der Waals surface area contributed by atoms with E-state index in [1.807, 2.05) is 0 Å². The van der Waals surface area contributed by atoms with Crippen LogP contribution in [0.3, 0.4) is 0 Å². The Labute approximate surface area is 121 Å². The quantitative estimate of drug-likeness (QED) is 0.672. The van der Waals surface area contributed by atoms with Crippen LogP contribution < -0.4 is 0 Å². The van der Waals surface area contributed by atoms with Crippen molar-refractivity contribution in [2.75, 3.05) is 13.1 Å². The van der Waals surface area contributed by atoms with E-state index in [9.17, 15) is 19.7 Å². The number of nitro groups is 1. The van der Waals surface area contributed by atoms with Crippen LogP contribution in [0.4, 0.5) is 5.69 Å². The Hall–Kier alpha value is -2.44. The number of aliphatic carboxylic acids is 1. The zero-order valence-corrected chi connectivity index (χ0v) is 11.8. The molecule has 1 aromatic rings. The molecule has 1 aliphatic heterocycles. The molecule has 0 saturated carbocycles. The molecule has 2 rings (SSSR count). The molecule has 1 aliphatic rings. The fourth-order valence-electron chi connectivity index (χ4n) is 2.32. The van der Waals surface area contributed by atoms with Crippen LogP contribution in [-0.2, 0) is 11.2 Å². The predicted molar refractivity (Wildman–Crippen MR) is 74.1 cm³/mol. The van der Waals surface area contributed by atoms with Gasteiger partial charge in [-0.05, 0) is 25.8 Å². The molecule has 7 heteroatoms. The number of carboxylic acids is 1. The molecule has 0 aromatic heterocycles. The highest BCUT2D eigenvalue weighted by Crippen LogP contribution is 2.26. The van der Waals surface area contributed by atoms with Gasteiger partial charge in [0.1, 0.15) is 0 Å². The molecule has 1 N–H and O–H groups in total. The van der Waals surface area contributed by atoms with Gasteiger partial charge in [-0.1, -0.05) is 6.07 Å². The third kappa shape index (κ3) is 2.86. The maximum atomic E-state index is 12.4. The number of hydrogen-bond donors (Lipinski definition) is 1. The van der Waals surface area contributed by atoms with Crippen molar-refractivity contribution in [2.24, 2.45) is 5.41 Å². The highest BCUT2D eigenvalue weighted by molar-refractivity contribution is 5.97. The van der Waals surface area contributed by atoms with Gasteiger partial charge in [-0.2, -0.15) is 0 Å². The van der Waals surface area contributed by atoms with Gasteiger partial charge in [-0.3, -0.25) is 19.7 Å². The first-order valence-corrected chi connectivity index (χ1v) is 6.52. The summed E-state index contributed by atoms with van der Waals surface area (Å²) in [6, 6.07) is 4.23. The number of hydrogen-bond acceptors (Lipinski definition) is 4. The second-order valence-electron chi connectivity index (χ2n) is 5.76. The molecule has 1 aromatic carbocycles. The van der Waals surface area contributed by atoms with Crippen LogP contribution in [0.25, 0.3) is 0 Å². The topological polar surface area (TPSA) is 101 Å². The number of carboxylic acid groups (broad SMARTS) is 1. The standard InChI is InChI=1S/C14H16N2O5/c1-14(2,13(18)19)8-15-6-5-9-3-4-10(16(20)21)7-11(9)12(15)17/h3-4,7H,5-6,8H2,1-2H3,(H,18,19). The van der Waals surface area contributed by atoms with Crippen molar-refractivity contribution in [1.82, 2.24) is 4.90 Å². The van der Waals surface area contributed by atoms with Crippen molar-refractivity contribution in [1.29, 1.82) is 0 Å². The molecular weight excluding hydrogens is 276 g/mol. The second kappa shape index (κ2) is 5.16. The largest absolute Gasteiger partial charge is 0.481 e. The number of rotatable bonds is 4. The molecule has 0 saturated heterocycles. The molecule has 0 aliphatic carbocycles. The number of non-ortho nitro benzene ring substituents is 1. The average molecular weight is 292 g/mol. The Kier molecular flexibility index (Phi) is 3.67. The third-order valence-electron chi connectivity index (χ3n) is 3.64. The lowest BCUT2D eigenvalue weighted by molar-refractivity contribution is -0.384. The number of nitro benzene ring substituents is 1. The summed E-state index contributed by atoms with van der Waals surface area (Å²) < 4.78 is 0. The first-order chi connectivity index (χ1) is 9.72. The number of amides is 1. The van der Waals surface area contributed by atoms with E-state index < -0.39 is 16.3 Å². The molecule has 0 radical (unpaired) electrons. The molecule has 21 heavy (non-hydrogen) atoms. The number of nitrogens with zero attached hydrogens (tertiary/aromatic N) is 2. The Morgan fingerprint density at radius 1 is 1.48 bits per heavy atom. The van der Waals surface area contributed by atoms with Gasteiger partial charge in [-0.25, -0.2) is 0 Å².